The molecule has 1 amide bonds. The maximum absolute atomic E-state index is 11.2. The fourth-order valence-electron chi connectivity index (χ4n) is 1.84. The molecule has 2 rings (SSSR count). The lowest BCUT2D eigenvalue weighted by atomic mass is 10.1. The maximum atomic E-state index is 11.2. The van der Waals surface area contributed by atoms with Gasteiger partial charge >= 0.3 is 0 Å². The van der Waals surface area contributed by atoms with E-state index in [1.54, 1.807) is 6.34 Å². The van der Waals surface area contributed by atoms with Crippen LogP contribution in [-0.4, -0.2) is 36.0 Å². The lowest BCUT2D eigenvalue weighted by Gasteiger charge is -2.29. The Morgan fingerprint density at radius 3 is 3.33 bits per heavy atom. The van der Waals surface area contributed by atoms with Crippen LogP contribution in [0.25, 0.3) is 0 Å². The Hall–Kier alpha value is -1.56. The summed E-state index contributed by atoms with van der Waals surface area (Å²) in [6.07, 6.45) is 4.18. The highest BCUT2D eigenvalue weighted by molar-refractivity contribution is 5.83. The quantitative estimate of drug-likeness (QED) is 0.551. The molecule has 2 aliphatic rings. The van der Waals surface area contributed by atoms with Gasteiger partial charge in [-0.05, 0) is 6.42 Å². The van der Waals surface area contributed by atoms with Gasteiger partial charge in [-0.25, -0.2) is 4.99 Å². The SMILES string of the molecule is CCC(C(N)=O)N1C=NC2NCNC=C21. The predicted molar refractivity (Wildman–Crippen MR) is 56.6 cm³/mol. The minimum Gasteiger partial charge on any atom is -0.377 e. The zero-order chi connectivity index (χ0) is 10.8. The van der Waals surface area contributed by atoms with E-state index in [-0.39, 0.29) is 18.1 Å². The summed E-state index contributed by atoms with van der Waals surface area (Å²) >= 11 is 0. The van der Waals surface area contributed by atoms with Crippen molar-refractivity contribution < 1.29 is 4.79 Å². The number of nitrogens with two attached hydrogens (primary N) is 1. The van der Waals surface area contributed by atoms with Crippen LogP contribution < -0.4 is 16.4 Å². The zero-order valence-corrected chi connectivity index (χ0v) is 8.60. The minimum atomic E-state index is -0.323. The molecule has 0 radical (unpaired) electrons. The number of aliphatic imine (C=N–C) groups is 1. The second-order valence-corrected chi connectivity index (χ2v) is 3.55. The molecule has 2 unspecified atom stereocenters. The minimum absolute atomic E-state index is 0.0420. The monoisotopic (exact) mass is 209 g/mol. The molecular weight excluding hydrogens is 194 g/mol. The van der Waals surface area contributed by atoms with E-state index in [9.17, 15) is 4.79 Å². The number of amides is 1. The van der Waals surface area contributed by atoms with Gasteiger partial charge in [-0.15, -0.1) is 0 Å². The summed E-state index contributed by atoms with van der Waals surface area (Å²) in [7, 11) is 0. The van der Waals surface area contributed by atoms with Crippen molar-refractivity contribution in [2.75, 3.05) is 6.67 Å². The average Bonchev–Trinajstić information content (AvgIpc) is 2.63. The Balaban J connectivity index is 2.20. The highest BCUT2D eigenvalue weighted by Crippen LogP contribution is 2.20. The Morgan fingerprint density at radius 2 is 2.67 bits per heavy atom. The van der Waals surface area contributed by atoms with Gasteiger partial charge in [-0.2, -0.15) is 0 Å². The van der Waals surface area contributed by atoms with Crippen molar-refractivity contribution >= 4 is 12.2 Å². The van der Waals surface area contributed by atoms with E-state index in [0.717, 1.165) is 5.70 Å². The standard InChI is InChI=1S/C9H15N5O/c1-2-6(8(10)15)14-5-13-9-7(14)3-11-4-12-9/h3,5-6,9,11-12H,2,4H2,1H3,(H2,10,15). The zero-order valence-electron chi connectivity index (χ0n) is 8.60. The van der Waals surface area contributed by atoms with Crippen LogP contribution >= 0.6 is 0 Å². The Bertz CT molecular complexity index is 324. The van der Waals surface area contributed by atoms with Crippen LogP contribution in [0, 0.1) is 0 Å². The van der Waals surface area contributed by atoms with Gasteiger partial charge in [0.15, 0.2) is 0 Å². The van der Waals surface area contributed by atoms with Gasteiger partial charge in [0.1, 0.15) is 12.2 Å². The number of primary amides is 1. The first-order valence-electron chi connectivity index (χ1n) is 5.02. The third-order valence-electron chi connectivity index (χ3n) is 2.62. The molecular formula is C9H15N5O. The summed E-state index contributed by atoms with van der Waals surface area (Å²) in [5.41, 5.74) is 6.29. The van der Waals surface area contributed by atoms with Gasteiger partial charge in [0.05, 0.1) is 18.7 Å². The van der Waals surface area contributed by atoms with E-state index in [2.05, 4.69) is 15.6 Å². The van der Waals surface area contributed by atoms with Crippen molar-refractivity contribution in [3.8, 4) is 0 Å². The largest absolute Gasteiger partial charge is 0.377 e. The van der Waals surface area contributed by atoms with E-state index in [1.807, 2.05) is 18.0 Å². The first-order valence-corrected chi connectivity index (χ1v) is 5.02. The van der Waals surface area contributed by atoms with Crippen LogP contribution in [0.2, 0.25) is 0 Å². The van der Waals surface area contributed by atoms with Crippen molar-refractivity contribution in [1.82, 2.24) is 15.5 Å². The summed E-state index contributed by atoms with van der Waals surface area (Å²) in [4.78, 5) is 17.3. The highest BCUT2D eigenvalue weighted by Gasteiger charge is 2.32. The number of nitrogens with zero attached hydrogens (tertiary/aromatic N) is 2. The van der Waals surface area contributed by atoms with E-state index in [1.165, 1.54) is 0 Å². The third-order valence-corrected chi connectivity index (χ3v) is 2.62. The maximum Gasteiger partial charge on any atom is 0.240 e. The molecule has 0 aromatic carbocycles. The van der Waals surface area contributed by atoms with Crippen LogP contribution in [0.5, 0.6) is 0 Å². The van der Waals surface area contributed by atoms with Gasteiger partial charge in [-0.3, -0.25) is 10.1 Å². The number of nitrogens with one attached hydrogen (secondary N) is 2. The molecule has 4 N–H and O–H groups in total. The summed E-state index contributed by atoms with van der Waals surface area (Å²) in [5.74, 6) is -0.323. The lowest BCUT2D eigenvalue weighted by molar-refractivity contribution is -0.121. The van der Waals surface area contributed by atoms with E-state index < -0.39 is 0 Å². The highest BCUT2D eigenvalue weighted by atomic mass is 16.1. The first-order chi connectivity index (χ1) is 7.24. The van der Waals surface area contributed by atoms with Crippen LogP contribution in [0.1, 0.15) is 13.3 Å². The topological polar surface area (TPSA) is 82.8 Å². The first kappa shape index (κ1) is 9.97. The fourth-order valence-corrected chi connectivity index (χ4v) is 1.84. The van der Waals surface area contributed by atoms with Crippen LogP contribution in [0.15, 0.2) is 16.9 Å². The van der Waals surface area contributed by atoms with Gasteiger partial charge in [0.2, 0.25) is 5.91 Å². The van der Waals surface area contributed by atoms with Crippen LogP contribution in [0.3, 0.4) is 0 Å². The molecule has 0 fully saturated rings. The third kappa shape index (κ3) is 1.68. The predicted octanol–water partition coefficient (Wildman–Crippen LogP) is -1.09. The van der Waals surface area contributed by atoms with Crippen molar-refractivity contribution in [2.24, 2.45) is 10.7 Å². The molecule has 15 heavy (non-hydrogen) atoms. The molecule has 6 nitrogen and oxygen atoms in total. The summed E-state index contributed by atoms with van der Waals surface area (Å²) in [5, 5.41) is 6.21. The number of carbonyl (C=O) groups is 1. The molecule has 0 aromatic heterocycles. The Labute approximate surface area is 88.2 Å². The summed E-state index contributed by atoms with van der Waals surface area (Å²) < 4.78 is 0. The van der Waals surface area contributed by atoms with Crippen molar-refractivity contribution in [3.63, 3.8) is 0 Å². The molecule has 2 aliphatic heterocycles. The number of fused-ring (bicyclic) bond motifs is 1. The molecule has 0 saturated heterocycles. The molecule has 0 spiro atoms. The van der Waals surface area contributed by atoms with Gasteiger partial charge in [-0.1, -0.05) is 6.92 Å². The lowest BCUT2D eigenvalue weighted by Crippen LogP contribution is -2.47. The van der Waals surface area contributed by atoms with E-state index >= 15 is 0 Å². The van der Waals surface area contributed by atoms with Crippen LogP contribution in [0.4, 0.5) is 0 Å². The average molecular weight is 209 g/mol. The molecule has 0 bridgehead atoms. The van der Waals surface area contributed by atoms with Crippen molar-refractivity contribution in [3.05, 3.63) is 11.9 Å². The Kier molecular flexibility index (Phi) is 2.59. The van der Waals surface area contributed by atoms with E-state index in [0.29, 0.717) is 13.1 Å². The molecule has 0 aromatic rings. The van der Waals surface area contributed by atoms with E-state index in [4.69, 9.17) is 5.73 Å². The fraction of sp³-hybridized carbons (Fsp3) is 0.556. The van der Waals surface area contributed by atoms with Gasteiger partial charge in [0.25, 0.3) is 0 Å². The molecule has 2 heterocycles. The van der Waals surface area contributed by atoms with Crippen molar-refractivity contribution in [1.29, 1.82) is 0 Å². The Morgan fingerprint density at radius 1 is 1.87 bits per heavy atom. The molecule has 0 saturated carbocycles. The second kappa shape index (κ2) is 3.90. The second-order valence-electron chi connectivity index (χ2n) is 3.55. The normalized spacial score (nSPS) is 25.5. The number of hydrogen-bond donors (Lipinski definition) is 3. The smallest absolute Gasteiger partial charge is 0.240 e. The van der Waals surface area contributed by atoms with Gasteiger partial charge < -0.3 is 16.0 Å². The molecule has 6 heteroatoms. The number of hydrogen-bond acceptors (Lipinski definition) is 5. The molecule has 82 valence electrons. The van der Waals surface area contributed by atoms with Crippen LogP contribution in [-0.2, 0) is 4.79 Å². The summed E-state index contributed by atoms with van der Waals surface area (Å²) in [6.45, 7) is 2.62. The van der Waals surface area contributed by atoms with Gasteiger partial charge in [0, 0.05) is 6.20 Å². The number of rotatable bonds is 3. The molecule has 2 atom stereocenters. The summed E-state index contributed by atoms with van der Waals surface area (Å²) in [6, 6.07) is -0.313. The van der Waals surface area contributed by atoms with Crippen molar-refractivity contribution in [2.45, 2.75) is 25.6 Å². The molecule has 0 aliphatic carbocycles. The number of carbonyl (C=O) groups excluding carboxylic acids is 1.